The molecule has 2 unspecified atom stereocenters. The first kappa shape index (κ1) is 11.7. The van der Waals surface area contributed by atoms with Crippen LogP contribution in [0.1, 0.15) is 29.6 Å². The number of piperazine rings is 1. The lowest BCUT2D eigenvalue weighted by molar-refractivity contribution is 0.0594. The largest absolute Gasteiger partial charge is 0.333 e. The topological polar surface area (TPSA) is 32.3 Å². The monoisotopic (exact) mass is 248 g/mol. The van der Waals surface area contributed by atoms with Crippen LogP contribution in [0.15, 0.2) is 24.3 Å². The van der Waals surface area contributed by atoms with E-state index in [9.17, 15) is 9.18 Å². The van der Waals surface area contributed by atoms with Gasteiger partial charge in [-0.25, -0.2) is 4.39 Å². The Kier molecular flexibility index (Phi) is 3.04. The molecule has 2 aliphatic rings. The number of hydrogen-bond acceptors (Lipinski definition) is 2. The predicted octanol–water partition coefficient (Wildman–Crippen LogP) is 1.79. The van der Waals surface area contributed by atoms with Gasteiger partial charge in [0.25, 0.3) is 5.91 Å². The van der Waals surface area contributed by atoms with E-state index in [1.165, 1.54) is 6.07 Å². The lowest BCUT2D eigenvalue weighted by atomic mass is 10.1. The summed E-state index contributed by atoms with van der Waals surface area (Å²) in [5.74, 6) is -0.581. The van der Waals surface area contributed by atoms with Gasteiger partial charge >= 0.3 is 0 Å². The van der Waals surface area contributed by atoms with Gasteiger partial charge in [0.2, 0.25) is 0 Å². The summed E-state index contributed by atoms with van der Waals surface area (Å²) in [6, 6.07) is 6.89. The van der Waals surface area contributed by atoms with Crippen LogP contribution in [-0.4, -0.2) is 36.0 Å². The number of carbonyl (C=O) groups excluding carboxylic acids is 1. The van der Waals surface area contributed by atoms with Crippen LogP contribution < -0.4 is 5.32 Å². The summed E-state index contributed by atoms with van der Waals surface area (Å²) in [5.41, 5.74) is 0.199. The Hall–Kier alpha value is -1.42. The normalized spacial score (nSPS) is 27.1. The van der Waals surface area contributed by atoms with E-state index in [1.54, 1.807) is 18.2 Å². The maximum atomic E-state index is 13.7. The van der Waals surface area contributed by atoms with E-state index < -0.39 is 5.82 Å². The van der Waals surface area contributed by atoms with Crippen molar-refractivity contribution in [1.82, 2.24) is 10.2 Å². The summed E-state index contributed by atoms with van der Waals surface area (Å²) in [4.78, 5) is 14.3. The maximum absolute atomic E-state index is 13.7. The summed E-state index contributed by atoms with van der Waals surface area (Å²) < 4.78 is 13.7. The molecule has 3 rings (SSSR count). The van der Waals surface area contributed by atoms with Crippen molar-refractivity contribution in [2.45, 2.75) is 31.3 Å². The molecule has 1 aromatic carbocycles. The van der Waals surface area contributed by atoms with Gasteiger partial charge in [-0.15, -0.1) is 0 Å². The standard InChI is InChI=1S/C14H17FN2O/c15-11-5-2-1-4-10(11)14(18)17-9-8-16-12-6-3-7-13(12)17/h1-2,4-5,12-13,16H,3,6-9H2. The van der Waals surface area contributed by atoms with Gasteiger partial charge in [-0.3, -0.25) is 4.79 Å². The zero-order chi connectivity index (χ0) is 12.5. The number of carbonyl (C=O) groups is 1. The number of rotatable bonds is 1. The molecular formula is C14H17FN2O. The molecule has 1 saturated carbocycles. The molecule has 0 bridgehead atoms. The second kappa shape index (κ2) is 4.69. The molecule has 4 heteroatoms. The van der Waals surface area contributed by atoms with Gasteiger partial charge in [0, 0.05) is 25.2 Å². The molecule has 2 atom stereocenters. The van der Waals surface area contributed by atoms with Crippen LogP contribution in [0, 0.1) is 5.82 Å². The molecule has 0 spiro atoms. The van der Waals surface area contributed by atoms with E-state index >= 15 is 0 Å². The summed E-state index contributed by atoms with van der Waals surface area (Å²) in [5, 5.41) is 3.44. The van der Waals surface area contributed by atoms with Crippen molar-refractivity contribution in [2.75, 3.05) is 13.1 Å². The molecule has 1 saturated heterocycles. The first-order chi connectivity index (χ1) is 8.77. The lowest BCUT2D eigenvalue weighted by Gasteiger charge is -2.38. The average Bonchev–Trinajstić information content (AvgIpc) is 2.86. The third kappa shape index (κ3) is 1.90. The molecule has 1 amide bonds. The molecule has 0 radical (unpaired) electrons. The molecule has 96 valence electrons. The summed E-state index contributed by atoms with van der Waals surface area (Å²) in [6.07, 6.45) is 3.28. The smallest absolute Gasteiger partial charge is 0.257 e. The van der Waals surface area contributed by atoms with E-state index in [0.29, 0.717) is 12.6 Å². The first-order valence-corrected chi connectivity index (χ1v) is 6.56. The Morgan fingerprint density at radius 3 is 3.00 bits per heavy atom. The number of amides is 1. The van der Waals surface area contributed by atoms with E-state index in [2.05, 4.69) is 5.32 Å². The lowest BCUT2D eigenvalue weighted by Crippen LogP contribution is -2.57. The molecule has 1 heterocycles. The van der Waals surface area contributed by atoms with Crippen LogP contribution >= 0.6 is 0 Å². The fourth-order valence-corrected chi connectivity index (χ4v) is 3.13. The molecule has 2 fully saturated rings. The van der Waals surface area contributed by atoms with Crippen molar-refractivity contribution in [2.24, 2.45) is 0 Å². The molecular weight excluding hydrogens is 231 g/mol. The first-order valence-electron chi connectivity index (χ1n) is 6.56. The van der Waals surface area contributed by atoms with Crippen molar-refractivity contribution in [3.63, 3.8) is 0 Å². The Bertz CT molecular complexity index is 463. The number of nitrogens with zero attached hydrogens (tertiary/aromatic N) is 1. The molecule has 3 nitrogen and oxygen atoms in total. The minimum absolute atomic E-state index is 0.161. The highest BCUT2D eigenvalue weighted by Gasteiger charge is 2.37. The third-order valence-corrected chi connectivity index (χ3v) is 4.00. The fourth-order valence-electron chi connectivity index (χ4n) is 3.13. The Morgan fingerprint density at radius 1 is 1.33 bits per heavy atom. The quantitative estimate of drug-likeness (QED) is 0.822. The zero-order valence-electron chi connectivity index (χ0n) is 10.2. The predicted molar refractivity (Wildman–Crippen MR) is 66.9 cm³/mol. The molecule has 18 heavy (non-hydrogen) atoms. The van der Waals surface area contributed by atoms with Crippen molar-refractivity contribution in [3.8, 4) is 0 Å². The number of benzene rings is 1. The van der Waals surface area contributed by atoms with Gasteiger partial charge in [0.1, 0.15) is 5.82 Å². The van der Waals surface area contributed by atoms with Crippen LogP contribution in [0.4, 0.5) is 4.39 Å². The van der Waals surface area contributed by atoms with Gasteiger partial charge in [-0.2, -0.15) is 0 Å². The van der Waals surface area contributed by atoms with Crippen molar-refractivity contribution in [3.05, 3.63) is 35.6 Å². The summed E-state index contributed by atoms with van der Waals surface area (Å²) in [6.45, 7) is 1.48. The molecule has 1 aliphatic carbocycles. The van der Waals surface area contributed by atoms with Crippen LogP contribution in [0.25, 0.3) is 0 Å². The summed E-state index contributed by atoms with van der Waals surface area (Å²) >= 11 is 0. The van der Waals surface area contributed by atoms with Gasteiger partial charge in [0.15, 0.2) is 0 Å². The minimum Gasteiger partial charge on any atom is -0.333 e. The number of halogens is 1. The van der Waals surface area contributed by atoms with Gasteiger partial charge < -0.3 is 10.2 Å². The van der Waals surface area contributed by atoms with E-state index in [4.69, 9.17) is 0 Å². The Morgan fingerprint density at radius 2 is 2.17 bits per heavy atom. The van der Waals surface area contributed by atoms with Crippen molar-refractivity contribution >= 4 is 5.91 Å². The van der Waals surface area contributed by atoms with Crippen LogP contribution in [0.3, 0.4) is 0 Å². The van der Waals surface area contributed by atoms with Gasteiger partial charge in [0.05, 0.1) is 5.56 Å². The molecule has 0 aromatic heterocycles. The maximum Gasteiger partial charge on any atom is 0.257 e. The zero-order valence-corrected chi connectivity index (χ0v) is 10.2. The molecule has 1 aromatic rings. The van der Waals surface area contributed by atoms with Crippen molar-refractivity contribution in [1.29, 1.82) is 0 Å². The SMILES string of the molecule is O=C(c1ccccc1F)N1CCNC2CCCC21. The number of hydrogen-bond donors (Lipinski definition) is 1. The Balaban J connectivity index is 1.86. The van der Waals surface area contributed by atoms with Crippen LogP contribution in [-0.2, 0) is 0 Å². The number of nitrogens with one attached hydrogen (secondary N) is 1. The van der Waals surface area contributed by atoms with Crippen LogP contribution in [0.2, 0.25) is 0 Å². The van der Waals surface area contributed by atoms with Crippen LogP contribution in [0.5, 0.6) is 0 Å². The molecule has 1 aliphatic heterocycles. The third-order valence-electron chi connectivity index (χ3n) is 4.00. The molecule has 1 N–H and O–H groups in total. The van der Waals surface area contributed by atoms with E-state index in [-0.39, 0.29) is 17.5 Å². The van der Waals surface area contributed by atoms with E-state index in [0.717, 1.165) is 25.8 Å². The fraction of sp³-hybridized carbons (Fsp3) is 0.500. The highest BCUT2D eigenvalue weighted by molar-refractivity contribution is 5.94. The average molecular weight is 248 g/mol. The summed E-state index contributed by atoms with van der Waals surface area (Å²) in [7, 11) is 0. The van der Waals surface area contributed by atoms with Gasteiger partial charge in [-0.1, -0.05) is 12.1 Å². The van der Waals surface area contributed by atoms with Crippen molar-refractivity contribution < 1.29 is 9.18 Å². The second-order valence-corrected chi connectivity index (χ2v) is 5.04. The van der Waals surface area contributed by atoms with Gasteiger partial charge in [-0.05, 0) is 31.4 Å². The highest BCUT2D eigenvalue weighted by Crippen LogP contribution is 2.28. The second-order valence-electron chi connectivity index (χ2n) is 5.04. The minimum atomic E-state index is -0.421. The Labute approximate surface area is 106 Å². The van der Waals surface area contributed by atoms with E-state index in [1.807, 2.05) is 4.90 Å². The number of fused-ring (bicyclic) bond motifs is 1. The highest BCUT2D eigenvalue weighted by atomic mass is 19.1.